The van der Waals surface area contributed by atoms with E-state index in [4.69, 9.17) is 14.2 Å². The molecule has 25 heavy (non-hydrogen) atoms. The van der Waals surface area contributed by atoms with Crippen LogP contribution in [-0.4, -0.2) is 39.2 Å². The molecular formula is C18H21N2O5+. The lowest BCUT2D eigenvalue weighted by atomic mass is 10.2. The molecule has 1 N–H and O–H groups in total. The minimum Gasteiger partial charge on any atom is -0.493 e. The molecule has 0 atom stereocenters. The van der Waals surface area contributed by atoms with Gasteiger partial charge in [-0.05, 0) is 24.3 Å². The van der Waals surface area contributed by atoms with Gasteiger partial charge in [0.25, 0.3) is 5.91 Å². The van der Waals surface area contributed by atoms with Crippen molar-refractivity contribution in [3.05, 3.63) is 53.9 Å². The van der Waals surface area contributed by atoms with Crippen molar-refractivity contribution >= 4 is 11.9 Å². The zero-order valence-corrected chi connectivity index (χ0v) is 14.4. The van der Waals surface area contributed by atoms with Gasteiger partial charge in [0, 0.05) is 6.07 Å². The number of nitrogens with zero attached hydrogens (tertiary/aromatic N) is 1. The van der Waals surface area contributed by atoms with Gasteiger partial charge in [0.2, 0.25) is 0 Å². The molecule has 0 aliphatic carbocycles. The second kappa shape index (κ2) is 8.68. The smallest absolute Gasteiger partial charge is 0.338 e. The Morgan fingerprint density at radius 1 is 1.08 bits per heavy atom. The van der Waals surface area contributed by atoms with E-state index in [-0.39, 0.29) is 19.1 Å². The first-order valence-electron chi connectivity index (χ1n) is 7.68. The van der Waals surface area contributed by atoms with Gasteiger partial charge in [-0.3, -0.25) is 4.79 Å². The highest BCUT2D eigenvalue weighted by Gasteiger charge is 2.12. The molecule has 1 aromatic carbocycles. The largest absolute Gasteiger partial charge is 0.493 e. The van der Waals surface area contributed by atoms with Crippen molar-refractivity contribution in [3.63, 3.8) is 0 Å². The molecular weight excluding hydrogens is 324 g/mol. The second-order valence-electron chi connectivity index (χ2n) is 5.22. The third-order valence-electron chi connectivity index (χ3n) is 3.44. The first-order chi connectivity index (χ1) is 12.0. The highest BCUT2D eigenvalue weighted by Crippen LogP contribution is 2.27. The monoisotopic (exact) mass is 345 g/mol. The van der Waals surface area contributed by atoms with E-state index in [1.165, 1.54) is 14.2 Å². The van der Waals surface area contributed by atoms with E-state index in [0.717, 1.165) is 0 Å². The molecule has 0 aliphatic heterocycles. The molecule has 1 heterocycles. The second-order valence-corrected chi connectivity index (χ2v) is 5.22. The lowest BCUT2D eigenvalue weighted by molar-refractivity contribution is -0.671. The molecule has 0 aliphatic rings. The first kappa shape index (κ1) is 18.3. The molecule has 0 saturated carbocycles. The summed E-state index contributed by atoms with van der Waals surface area (Å²) in [5.74, 6) is 0.254. The van der Waals surface area contributed by atoms with Crippen LogP contribution in [0.4, 0.5) is 0 Å². The van der Waals surface area contributed by atoms with E-state index in [1.54, 1.807) is 41.1 Å². The summed E-state index contributed by atoms with van der Waals surface area (Å²) in [7, 11) is 4.85. The molecule has 0 spiro atoms. The standard InChI is InChI=1S/C18H20N2O5/c1-20-9-4-5-14(12-20)17(21)19-8-10-25-18(22)13-6-7-15(23-2)16(11-13)24-3/h4-7,9,11-12H,8,10H2,1-3H3/p+1. The molecule has 2 aromatic rings. The highest BCUT2D eigenvalue weighted by molar-refractivity contribution is 5.93. The van der Waals surface area contributed by atoms with Crippen molar-refractivity contribution in [1.82, 2.24) is 5.32 Å². The molecule has 0 unspecified atom stereocenters. The average Bonchev–Trinajstić information content (AvgIpc) is 2.64. The van der Waals surface area contributed by atoms with Gasteiger partial charge in [-0.25, -0.2) is 9.36 Å². The molecule has 0 bridgehead atoms. The fourth-order valence-electron chi connectivity index (χ4n) is 2.18. The quantitative estimate of drug-likeness (QED) is 0.462. The predicted octanol–water partition coefficient (Wildman–Crippen LogP) is 1.12. The summed E-state index contributed by atoms with van der Waals surface area (Å²) in [6.45, 7) is 0.286. The van der Waals surface area contributed by atoms with Crippen LogP contribution in [0.3, 0.4) is 0 Å². The van der Waals surface area contributed by atoms with Crippen molar-refractivity contribution in [2.45, 2.75) is 0 Å². The number of nitrogens with one attached hydrogen (secondary N) is 1. The fourth-order valence-corrected chi connectivity index (χ4v) is 2.18. The molecule has 0 fully saturated rings. The Morgan fingerprint density at radius 3 is 2.52 bits per heavy atom. The number of aryl methyl sites for hydroxylation is 1. The first-order valence-corrected chi connectivity index (χ1v) is 7.68. The highest BCUT2D eigenvalue weighted by atomic mass is 16.5. The number of aromatic nitrogens is 1. The normalized spacial score (nSPS) is 10.0. The van der Waals surface area contributed by atoms with Crippen molar-refractivity contribution in [3.8, 4) is 11.5 Å². The maximum absolute atomic E-state index is 12.0. The number of esters is 1. The van der Waals surface area contributed by atoms with Gasteiger partial charge < -0.3 is 19.5 Å². The SMILES string of the molecule is COc1ccc(C(=O)OCCNC(=O)c2ccc[n+](C)c2)cc1OC. The molecule has 0 radical (unpaired) electrons. The summed E-state index contributed by atoms with van der Waals surface area (Å²) in [4.78, 5) is 24.0. The maximum Gasteiger partial charge on any atom is 0.338 e. The third kappa shape index (κ3) is 4.94. The van der Waals surface area contributed by atoms with Gasteiger partial charge in [0.05, 0.1) is 26.3 Å². The zero-order chi connectivity index (χ0) is 18.2. The molecule has 1 amide bonds. The Kier molecular flexibility index (Phi) is 6.33. The van der Waals surface area contributed by atoms with Crippen LogP contribution in [0.15, 0.2) is 42.7 Å². The van der Waals surface area contributed by atoms with Gasteiger partial charge in [0.15, 0.2) is 23.9 Å². The van der Waals surface area contributed by atoms with Gasteiger partial charge in [-0.1, -0.05) is 0 Å². The maximum atomic E-state index is 12.0. The molecule has 7 nitrogen and oxygen atoms in total. The van der Waals surface area contributed by atoms with Crippen LogP contribution >= 0.6 is 0 Å². The Hall–Kier alpha value is -3.09. The minimum atomic E-state index is -0.499. The van der Waals surface area contributed by atoms with Gasteiger partial charge in [0.1, 0.15) is 19.2 Å². The summed E-state index contributed by atoms with van der Waals surface area (Å²) in [6.07, 6.45) is 3.55. The Bertz CT molecular complexity index is 761. The number of methoxy groups -OCH3 is 2. The molecule has 0 saturated heterocycles. The number of rotatable bonds is 7. The van der Waals surface area contributed by atoms with E-state index >= 15 is 0 Å². The molecule has 7 heteroatoms. The number of pyridine rings is 1. The van der Waals surface area contributed by atoms with Gasteiger partial charge in [-0.2, -0.15) is 0 Å². The zero-order valence-electron chi connectivity index (χ0n) is 14.4. The van der Waals surface area contributed by atoms with Crippen molar-refractivity contribution in [1.29, 1.82) is 0 Å². The van der Waals surface area contributed by atoms with Crippen LogP contribution in [0.25, 0.3) is 0 Å². The van der Waals surface area contributed by atoms with E-state index in [2.05, 4.69) is 5.32 Å². The average molecular weight is 345 g/mol. The number of carbonyl (C=O) groups excluding carboxylic acids is 2. The number of ether oxygens (including phenoxy) is 3. The number of hydrogen-bond acceptors (Lipinski definition) is 5. The third-order valence-corrected chi connectivity index (χ3v) is 3.44. The lowest BCUT2D eigenvalue weighted by Crippen LogP contribution is -2.32. The fraction of sp³-hybridized carbons (Fsp3) is 0.278. The number of hydrogen-bond donors (Lipinski definition) is 1. The summed E-state index contributed by atoms with van der Waals surface area (Å²) < 4.78 is 17.2. The van der Waals surface area contributed by atoms with Crippen LogP contribution in [0.5, 0.6) is 11.5 Å². The van der Waals surface area contributed by atoms with E-state index < -0.39 is 5.97 Å². The van der Waals surface area contributed by atoms with Gasteiger partial charge >= 0.3 is 5.97 Å². The Labute approximate surface area is 146 Å². The summed E-state index contributed by atoms with van der Waals surface area (Å²) in [6, 6.07) is 8.26. The van der Waals surface area contributed by atoms with E-state index in [1.807, 2.05) is 13.2 Å². The molecule has 1 aromatic heterocycles. The van der Waals surface area contributed by atoms with Crippen LogP contribution in [-0.2, 0) is 11.8 Å². The minimum absolute atomic E-state index is 0.0673. The van der Waals surface area contributed by atoms with Gasteiger partial charge in [-0.15, -0.1) is 0 Å². The van der Waals surface area contributed by atoms with Crippen LogP contribution in [0.1, 0.15) is 20.7 Å². The summed E-state index contributed by atoms with van der Waals surface area (Å²) in [5, 5.41) is 2.70. The lowest BCUT2D eigenvalue weighted by Gasteiger charge is -2.10. The van der Waals surface area contributed by atoms with Crippen molar-refractivity contribution in [2.24, 2.45) is 7.05 Å². The predicted molar refractivity (Wildman–Crippen MR) is 89.8 cm³/mol. The number of amides is 1. The number of carbonyl (C=O) groups is 2. The number of benzene rings is 1. The van der Waals surface area contributed by atoms with E-state index in [0.29, 0.717) is 22.6 Å². The summed E-state index contributed by atoms with van der Waals surface area (Å²) >= 11 is 0. The Morgan fingerprint density at radius 2 is 1.84 bits per heavy atom. The van der Waals surface area contributed by atoms with Crippen LogP contribution < -0.4 is 19.4 Å². The Balaban J connectivity index is 1.83. The van der Waals surface area contributed by atoms with E-state index in [9.17, 15) is 9.59 Å². The topological polar surface area (TPSA) is 77.7 Å². The molecule has 132 valence electrons. The van der Waals surface area contributed by atoms with Crippen LogP contribution in [0, 0.1) is 0 Å². The summed E-state index contributed by atoms with van der Waals surface area (Å²) in [5.41, 5.74) is 0.885. The van der Waals surface area contributed by atoms with Crippen molar-refractivity contribution < 1.29 is 28.4 Å². The van der Waals surface area contributed by atoms with Crippen molar-refractivity contribution in [2.75, 3.05) is 27.4 Å². The molecule has 2 rings (SSSR count). The van der Waals surface area contributed by atoms with Crippen LogP contribution in [0.2, 0.25) is 0 Å².